The number of hydrogen-bond acceptors (Lipinski definition) is 4. The number of rotatable bonds is 4. The number of benzene rings is 2. The van der Waals surface area contributed by atoms with E-state index in [1.807, 2.05) is 42.5 Å². The van der Waals surface area contributed by atoms with E-state index in [2.05, 4.69) is 15.9 Å². The Morgan fingerprint density at radius 1 is 1.04 bits per heavy atom. The first-order valence-corrected chi connectivity index (χ1v) is 7.92. The van der Waals surface area contributed by atoms with E-state index in [0.29, 0.717) is 11.5 Å². The number of nitrogens with two attached hydrogens (primary N) is 1. The van der Waals surface area contributed by atoms with E-state index in [1.165, 1.54) is 0 Å². The van der Waals surface area contributed by atoms with Crippen molar-refractivity contribution in [1.29, 1.82) is 0 Å². The first-order valence-electron chi connectivity index (χ1n) is 7.13. The molecule has 1 aliphatic rings. The molecule has 2 atom stereocenters. The van der Waals surface area contributed by atoms with Gasteiger partial charge in [0.2, 0.25) is 5.91 Å². The van der Waals surface area contributed by atoms with E-state index in [9.17, 15) is 4.79 Å². The molecule has 2 aromatic rings. The lowest BCUT2D eigenvalue weighted by Gasteiger charge is -2.45. The van der Waals surface area contributed by atoms with Crippen molar-refractivity contribution in [2.45, 2.75) is 12.1 Å². The van der Waals surface area contributed by atoms with Gasteiger partial charge in [-0.2, -0.15) is 0 Å². The zero-order chi connectivity index (χ0) is 16.6. The van der Waals surface area contributed by atoms with Crippen LogP contribution in [0.3, 0.4) is 0 Å². The van der Waals surface area contributed by atoms with Crippen LogP contribution in [0.1, 0.15) is 11.6 Å². The Morgan fingerprint density at radius 2 is 1.70 bits per heavy atom. The highest BCUT2D eigenvalue weighted by atomic mass is 79.9. The molecule has 2 N–H and O–H groups in total. The maximum absolute atomic E-state index is 12.2. The number of anilines is 1. The summed E-state index contributed by atoms with van der Waals surface area (Å²) >= 11 is 3.40. The minimum Gasteiger partial charge on any atom is -0.493 e. The van der Waals surface area contributed by atoms with Crippen LogP contribution in [0, 0.1) is 0 Å². The molecule has 0 spiro atoms. The third-order valence-electron chi connectivity index (χ3n) is 3.99. The van der Waals surface area contributed by atoms with Crippen molar-refractivity contribution in [3.05, 3.63) is 52.5 Å². The summed E-state index contributed by atoms with van der Waals surface area (Å²) in [6.45, 7) is 0. The predicted molar refractivity (Wildman–Crippen MR) is 91.9 cm³/mol. The van der Waals surface area contributed by atoms with Crippen LogP contribution < -0.4 is 20.1 Å². The molecule has 5 nitrogen and oxygen atoms in total. The molecule has 2 aromatic carbocycles. The number of carbonyl (C=O) groups excluding carboxylic acids is 1. The number of nitrogens with zero attached hydrogens (tertiary/aromatic N) is 1. The number of amides is 1. The van der Waals surface area contributed by atoms with Crippen LogP contribution in [0.5, 0.6) is 11.5 Å². The van der Waals surface area contributed by atoms with Crippen molar-refractivity contribution in [2.24, 2.45) is 5.73 Å². The lowest BCUT2D eigenvalue weighted by molar-refractivity contribution is -0.126. The van der Waals surface area contributed by atoms with Gasteiger partial charge in [-0.1, -0.05) is 22.0 Å². The van der Waals surface area contributed by atoms with Crippen molar-refractivity contribution in [2.75, 3.05) is 19.1 Å². The highest BCUT2D eigenvalue weighted by Gasteiger charge is 2.46. The summed E-state index contributed by atoms with van der Waals surface area (Å²) in [6.07, 6.45) is 0. The van der Waals surface area contributed by atoms with E-state index in [1.54, 1.807) is 19.1 Å². The van der Waals surface area contributed by atoms with Gasteiger partial charge in [0.1, 0.15) is 6.04 Å². The molecular weight excluding hydrogens is 360 g/mol. The van der Waals surface area contributed by atoms with Gasteiger partial charge in [-0.15, -0.1) is 0 Å². The van der Waals surface area contributed by atoms with Crippen molar-refractivity contribution >= 4 is 27.5 Å². The minimum atomic E-state index is -0.559. The predicted octanol–water partition coefficient (Wildman–Crippen LogP) is 2.88. The first kappa shape index (κ1) is 15.8. The van der Waals surface area contributed by atoms with E-state index in [0.717, 1.165) is 15.7 Å². The van der Waals surface area contributed by atoms with Gasteiger partial charge in [0.05, 0.1) is 20.3 Å². The summed E-state index contributed by atoms with van der Waals surface area (Å²) in [4.78, 5) is 13.9. The van der Waals surface area contributed by atoms with Gasteiger partial charge < -0.3 is 20.1 Å². The molecule has 120 valence electrons. The fourth-order valence-electron chi connectivity index (χ4n) is 2.79. The van der Waals surface area contributed by atoms with Crippen LogP contribution in [0.25, 0.3) is 0 Å². The van der Waals surface area contributed by atoms with E-state index < -0.39 is 6.04 Å². The molecule has 0 bridgehead atoms. The molecule has 1 amide bonds. The van der Waals surface area contributed by atoms with Crippen molar-refractivity contribution in [3.63, 3.8) is 0 Å². The fraction of sp³-hybridized carbons (Fsp3) is 0.235. The second kappa shape index (κ2) is 6.22. The van der Waals surface area contributed by atoms with E-state index in [4.69, 9.17) is 15.2 Å². The summed E-state index contributed by atoms with van der Waals surface area (Å²) in [5.74, 6) is 1.17. The monoisotopic (exact) mass is 376 g/mol. The van der Waals surface area contributed by atoms with E-state index in [-0.39, 0.29) is 11.9 Å². The summed E-state index contributed by atoms with van der Waals surface area (Å²) < 4.78 is 11.6. The first-order chi connectivity index (χ1) is 11.1. The van der Waals surface area contributed by atoms with Crippen LogP contribution in [-0.4, -0.2) is 26.2 Å². The topological polar surface area (TPSA) is 64.8 Å². The zero-order valence-electron chi connectivity index (χ0n) is 12.8. The maximum Gasteiger partial charge on any atom is 0.247 e. The summed E-state index contributed by atoms with van der Waals surface area (Å²) in [5.41, 5.74) is 7.78. The number of hydrogen-bond donors (Lipinski definition) is 1. The number of methoxy groups -OCH3 is 2. The van der Waals surface area contributed by atoms with Gasteiger partial charge in [-0.3, -0.25) is 4.79 Å². The van der Waals surface area contributed by atoms with Crippen molar-refractivity contribution < 1.29 is 14.3 Å². The number of ether oxygens (including phenoxy) is 2. The van der Waals surface area contributed by atoms with Gasteiger partial charge in [-0.05, 0) is 42.0 Å². The molecule has 3 rings (SSSR count). The molecule has 23 heavy (non-hydrogen) atoms. The van der Waals surface area contributed by atoms with Crippen molar-refractivity contribution in [3.8, 4) is 11.5 Å². The summed E-state index contributed by atoms with van der Waals surface area (Å²) in [7, 11) is 3.17. The van der Waals surface area contributed by atoms with Crippen LogP contribution in [0.4, 0.5) is 5.69 Å². The number of halogens is 1. The Bertz CT molecular complexity index is 733. The molecular formula is C17H17BrN2O3. The molecule has 0 saturated carbocycles. The Labute approximate surface area is 143 Å². The average molecular weight is 377 g/mol. The summed E-state index contributed by atoms with van der Waals surface area (Å²) in [6, 6.07) is 12.4. The fourth-order valence-corrected chi connectivity index (χ4v) is 3.06. The Balaban J connectivity index is 1.97. The molecule has 1 heterocycles. The van der Waals surface area contributed by atoms with Crippen molar-refractivity contribution in [1.82, 2.24) is 0 Å². The summed E-state index contributed by atoms with van der Waals surface area (Å²) in [5, 5.41) is 0. The molecule has 0 unspecified atom stereocenters. The third-order valence-corrected chi connectivity index (χ3v) is 4.52. The molecule has 0 aliphatic carbocycles. The second-order valence-electron chi connectivity index (χ2n) is 5.27. The van der Waals surface area contributed by atoms with E-state index >= 15 is 0 Å². The Morgan fingerprint density at radius 3 is 2.30 bits per heavy atom. The molecule has 6 heteroatoms. The standard InChI is InChI=1S/C17H17BrN2O3/c1-22-13-8-3-10(9-14(13)23-2)16-15(19)17(21)20(16)12-6-4-11(18)5-7-12/h3-9,15-16H,19H2,1-2H3/t15-,16+/m0/s1. The lowest BCUT2D eigenvalue weighted by atomic mass is 9.88. The van der Waals surface area contributed by atoms with Gasteiger partial charge >= 0.3 is 0 Å². The molecule has 1 aliphatic heterocycles. The lowest BCUT2D eigenvalue weighted by Crippen LogP contribution is -2.63. The third kappa shape index (κ3) is 2.68. The highest BCUT2D eigenvalue weighted by molar-refractivity contribution is 9.10. The maximum atomic E-state index is 12.2. The molecule has 1 fully saturated rings. The largest absolute Gasteiger partial charge is 0.493 e. The number of β-lactam (4-membered cyclic amide) rings is 1. The Hall–Kier alpha value is -2.05. The minimum absolute atomic E-state index is 0.0906. The van der Waals surface area contributed by atoms with Gasteiger partial charge in [0, 0.05) is 10.2 Å². The van der Waals surface area contributed by atoms with Crippen LogP contribution >= 0.6 is 15.9 Å². The second-order valence-corrected chi connectivity index (χ2v) is 6.19. The molecule has 0 aromatic heterocycles. The normalized spacial score (nSPS) is 20.2. The Kier molecular flexibility index (Phi) is 4.28. The quantitative estimate of drug-likeness (QED) is 0.833. The van der Waals surface area contributed by atoms with Gasteiger partial charge in [0.25, 0.3) is 0 Å². The van der Waals surface area contributed by atoms with Crippen LogP contribution in [0.15, 0.2) is 46.9 Å². The molecule has 1 saturated heterocycles. The SMILES string of the molecule is COc1ccc([C@@H]2[C@H](N)C(=O)N2c2ccc(Br)cc2)cc1OC. The zero-order valence-corrected chi connectivity index (χ0v) is 14.4. The van der Waals surface area contributed by atoms with Gasteiger partial charge in [-0.25, -0.2) is 0 Å². The van der Waals surface area contributed by atoms with Crippen LogP contribution in [-0.2, 0) is 4.79 Å². The molecule has 0 radical (unpaired) electrons. The van der Waals surface area contributed by atoms with Crippen LogP contribution in [0.2, 0.25) is 0 Å². The highest BCUT2D eigenvalue weighted by Crippen LogP contribution is 2.41. The van der Waals surface area contributed by atoms with Gasteiger partial charge in [0.15, 0.2) is 11.5 Å². The number of carbonyl (C=O) groups is 1. The average Bonchev–Trinajstić information content (AvgIpc) is 2.59. The smallest absolute Gasteiger partial charge is 0.247 e.